The van der Waals surface area contributed by atoms with Crippen LogP contribution in [-0.2, 0) is 4.79 Å². The van der Waals surface area contributed by atoms with Gasteiger partial charge < -0.3 is 15.7 Å². The van der Waals surface area contributed by atoms with Crippen LogP contribution in [0, 0.1) is 0 Å². The van der Waals surface area contributed by atoms with E-state index in [0.29, 0.717) is 24.6 Å². The Morgan fingerprint density at radius 3 is 2.61 bits per heavy atom. The van der Waals surface area contributed by atoms with E-state index in [1.54, 1.807) is 21.8 Å². The number of benzene rings is 1. The quantitative estimate of drug-likeness (QED) is 0.436. The second kappa shape index (κ2) is 8.60. The molecule has 33 heavy (non-hydrogen) atoms. The predicted molar refractivity (Wildman–Crippen MR) is 128 cm³/mol. The fourth-order valence-corrected chi connectivity index (χ4v) is 4.89. The second-order valence-electron chi connectivity index (χ2n) is 8.27. The third-order valence-electron chi connectivity index (χ3n) is 6.11. The second-order valence-corrected chi connectivity index (χ2v) is 9.07. The predicted octanol–water partition coefficient (Wildman–Crippen LogP) is 3.01. The summed E-state index contributed by atoms with van der Waals surface area (Å²) in [5, 5.41) is 18.6. The topological polar surface area (TPSA) is 115 Å². The Morgan fingerprint density at radius 1 is 1.18 bits per heavy atom. The lowest BCUT2D eigenvalue weighted by atomic mass is 9.93. The number of carbonyl (C=O) groups excluding carboxylic acids is 1. The van der Waals surface area contributed by atoms with E-state index in [9.17, 15) is 9.90 Å². The van der Waals surface area contributed by atoms with Crippen molar-refractivity contribution in [1.82, 2.24) is 29.3 Å². The largest absolute Gasteiger partial charge is 0.384 e. The number of halogens is 1. The molecule has 0 unspecified atom stereocenters. The van der Waals surface area contributed by atoms with Gasteiger partial charge in [-0.3, -0.25) is 4.79 Å². The minimum absolute atomic E-state index is 0.138. The summed E-state index contributed by atoms with van der Waals surface area (Å²) in [6.45, 7) is 2.65. The van der Waals surface area contributed by atoms with Crippen molar-refractivity contribution in [1.29, 1.82) is 0 Å². The minimum atomic E-state index is -0.982. The monoisotopic (exact) mass is 509 g/mol. The molecule has 1 aliphatic rings. The first-order valence-electron chi connectivity index (χ1n) is 10.8. The maximum atomic E-state index is 12.1. The zero-order valence-electron chi connectivity index (χ0n) is 18.1. The summed E-state index contributed by atoms with van der Waals surface area (Å²) in [5.41, 5.74) is 10.7. The van der Waals surface area contributed by atoms with E-state index in [2.05, 4.69) is 26.1 Å². The number of nitrogen functional groups attached to an aromatic ring is 1. The molecule has 170 valence electrons. The Hall–Kier alpha value is -3.24. The highest BCUT2D eigenvalue weighted by Gasteiger charge is 2.29. The van der Waals surface area contributed by atoms with Gasteiger partial charge in [-0.15, -0.1) is 0 Å². The molecule has 3 aromatic heterocycles. The Morgan fingerprint density at radius 2 is 1.91 bits per heavy atom. The Bertz CT molecular complexity index is 1310. The lowest BCUT2D eigenvalue weighted by Crippen LogP contribution is -2.42. The van der Waals surface area contributed by atoms with Crippen LogP contribution in [0.4, 0.5) is 5.82 Å². The molecule has 1 atom stereocenters. The maximum absolute atomic E-state index is 12.1. The summed E-state index contributed by atoms with van der Waals surface area (Å²) in [6.07, 6.45) is 6.01. The molecule has 1 aliphatic heterocycles. The number of nitrogens with two attached hydrogens (primary N) is 1. The van der Waals surface area contributed by atoms with Gasteiger partial charge in [-0.1, -0.05) is 18.2 Å². The molecule has 5 rings (SSSR count). The van der Waals surface area contributed by atoms with Crippen molar-refractivity contribution < 1.29 is 9.90 Å². The van der Waals surface area contributed by atoms with Crippen molar-refractivity contribution in [2.24, 2.45) is 0 Å². The fourth-order valence-electron chi connectivity index (χ4n) is 4.31. The van der Waals surface area contributed by atoms with Crippen LogP contribution >= 0.6 is 15.9 Å². The summed E-state index contributed by atoms with van der Waals surface area (Å²) in [4.78, 5) is 18.8. The van der Waals surface area contributed by atoms with Crippen LogP contribution < -0.4 is 5.73 Å². The summed E-state index contributed by atoms with van der Waals surface area (Å²) in [7, 11) is 0. The van der Waals surface area contributed by atoms with Crippen LogP contribution in [0.25, 0.3) is 22.5 Å². The average Bonchev–Trinajstić information content (AvgIpc) is 3.49. The molecular weight excluding hydrogens is 486 g/mol. The maximum Gasteiger partial charge on any atom is 0.251 e. The molecule has 0 radical (unpaired) electrons. The molecule has 9 nitrogen and oxygen atoms in total. The molecule has 1 saturated heterocycles. The summed E-state index contributed by atoms with van der Waals surface area (Å²) in [6, 6.07) is 9.90. The third kappa shape index (κ3) is 3.89. The molecule has 0 spiro atoms. The first-order valence-corrected chi connectivity index (χ1v) is 11.6. The molecule has 0 aliphatic carbocycles. The highest BCUT2D eigenvalue weighted by atomic mass is 79.9. The number of anilines is 1. The number of carbonyl (C=O) groups is 1. The van der Waals surface area contributed by atoms with Gasteiger partial charge in [-0.2, -0.15) is 14.7 Å². The average molecular weight is 510 g/mol. The number of amides is 1. The number of rotatable bonds is 4. The van der Waals surface area contributed by atoms with Crippen molar-refractivity contribution in [3.05, 3.63) is 59.1 Å². The van der Waals surface area contributed by atoms with E-state index in [1.807, 2.05) is 41.2 Å². The van der Waals surface area contributed by atoms with Crippen LogP contribution in [0.5, 0.6) is 0 Å². The van der Waals surface area contributed by atoms with Gasteiger partial charge in [0.05, 0.1) is 28.2 Å². The van der Waals surface area contributed by atoms with Gasteiger partial charge in [0.1, 0.15) is 11.9 Å². The van der Waals surface area contributed by atoms with Crippen molar-refractivity contribution in [3.63, 3.8) is 0 Å². The summed E-state index contributed by atoms with van der Waals surface area (Å²) < 4.78 is 4.18. The first-order chi connectivity index (χ1) is 15.9. The number of fused-ring (bicyclic) bond motifs is 1. The van der Waals surface area contributed by atoms with Gasteiger partial charge in [0, 0.05) is 36.3 Å². The zero-order valence-corrected chi connectivity index (χ0v) is 19.7. The van der Waals surface area contributed by atoms with E-state index in [0.717, 1.165) is 39.8 Å². The van der Waals surface area contributed by atoms with Gasteiger partial charge in [-0.25, -0.2) is 9.67 Å². The molecule has 4 heterocycles. The van der Waals surface area contributed by atoms with Crippen molar-refractivity contribution >= 4 is 33.3 Å². The van der Waals surface area contributed by atoms with Crippen LogP contribution in [0.1, 0.15) is 31.4 Å². The number of hydrogen-bond donors (Lipinski definition) is 2. The number of aliphatic hydroxyl groups is 1. The first kappa shape index (κ1) is 21.6. The molecule has 1 aromatic carbocycles. The van der Waals surface area contributed by atoms with E-state index in [4.69, 9.17) is 10.7 Å². The smallest absolute Gasteiger partial charge is 0.251 e. The molecule has 3 N–H and O–H groups in total. The number of aromatic nitrogens is 5. The van der Waals surface area contributed by atoms with Gasteiger partial charge in [0.25, 0.3) is 5.91 Å². The van der Waals surface area contributed by atoms with Gasteiger partial charge in [-0.05, 0) is 47.8 Å². The van der Waals surface area contributed by atoms with Crippen molar-refractivity contribution in [2.75, 3.05) is 18.8 Å². The lowest BCUT2D eigenvalue weighted by Gasteiger charge is -2.33. The molecule has 1 amide bonds. The zero-order chi connectivity index (χ0) is 23.1. The van der Waals surface area contributed by atoms with Crippen molar-refractivity contribution in [2.45, 2.75) is 31.8 Å². The minimum Gasteiger partial charge on any atom is -0.384 e. The SMILES string of the molecule is C[C@@H](O)C(=O)N1CCC(c2nc3c(-c4cnn(-c5ccccc5)c4)cnn3c(N)c2Br)CC1. The number of hydrogen-bond acceptors (Lipinski definition) is 6. The lowest BCUT2D eigenvalue weighted by molar-refractivity contribution is -0.140. The fraction of sp³-hybridized carbons (Fsp3) is 0.304. The van der Waals surface area contributed by atoms with Gasteiger partial charge >= 0.3 is 0 Å². The molecular formula is C23H24BrN7O2. The normalized spacial score (nSPS) is 15.8. The molecule has 10 heteroatoms. The molecule has 4 aromatic rings. The summed E-state index contributed by atoms with van der Waals surface area (Å²) in [5.74, 6) is 0.391. The molecule has 0 bridgehead atoms. The standard InChI is InChI=1S/C23H24BrN7O2/c1-14(32)23(33)29-9-7-15(8-10-29)20-19(24)21(25)31-22(28-20)18(12-27-31)16-11-26-30(13-16)17-5-3-2-4-6-17/h2-6,11-15,32H,7-10,25H2,1H3/t14-/m1/s1. The van der Waals surface area contributed by atoms with Crippen LogP contribution in [-0.4, -0.2) is 59.5 Å². The summed E-state index contributed by atoms with van der Waals surface area (Å²) >= 11 is 3.62. The Labute approximate surface area is 199 Å². The van der Waals surface area contributed by atoms with Crippen LogP contribution in [0.3, 0.4) is 0 Å². The van der Waals surface area contributed by atoms with E-state index in [1.165, 1.54) is 6.92 Å². The number of piperidine rings is 1. The number of para-hydroxylation sites is 1. The highest BCUT2D eigenvalue weighted by molar-refractivity contribution is 9.10. The Kier molecular flexibility index (Phi) is 5.63. The number of aliphatic hydroxyl groups excluding tert-OH is 1. The van der Waals surface area contributed by atoms with Gasteiger partial charge in [0.15, 0.2) is 5.65 Å². The van der Waals surface area contributed by atoms with Crippen LogP contribution in [0.2, 0.25) is 0 Å². The van der Waals surface area contributed by atoms with Crippen molar-refractivity contribution in [3.8, 4) is 16.8 Å². The van der Waals surface area contributed by atoms with E-state index < -0.39 is 6.10 Å². The number of nitrogens with zero attached hydrogens (tertiary/aromatic N) is 6. The number of likely N-dealkylation sites (tertiary alicyclic amines) is 1. The molecule has 0 saturated carbocycles. The third-order valence-corrected chi connectivity index (χ3v) is 6.93. The van der Waals surface area contributed by atoms with E-state index >= 15 is 0 Å². The van der Waals surface area contributed by atoms with Gasteiger partial charge in [0.2, 0.25) is 0 Å². The van der Waals surface area contributed by atoms with Crippen LogP contribution in [0.15, 0.2) is 53.4 Å². The van der Waals surface area contributed by atoms with E-state index in [-0.39, 0.29) is 11.8 Å². The molecule has 1 fully saturated rings. The highest BCUT2D eigenvalue weighted by Crippen LogP contribution is 2.37. The Balaban J connectivity index is 1.48.